The molecule has 0 spiro atoms. The van der Waals surface area contributed by atoms with Gasteiger partial charge in [-0.2, -0.15) is 0 Å². The highest BCUT2D eigenvalue weighted by atomic mass is 16.2. The number of hydrogen-bond acceptors (Lipinski definition) is 3. The molecular formula is C17H33N3O. The van der Waals surface area contributed by atoms with Gasteiger partial charge in [0.25, 0.3) is 0 Å². The van der Waals surface area contributed by atoms with Crippen LogP contribution in [-0.4, -0.2) is 55.0 Å². The van der Waals surface area contributed by atoms with Gasteiger partial charge in [-0.15, -0.1) is 0 Å². The van der Waals surface area contributed by atoms with Crippen molar-refractivity contribution < 1.29 is 4.79 Å². The minimum absolute atomic E-state index is 0.0106. The number of nitrogens with two attached hydrogens (primary N) is 1. The van der Waals surface area contributed by atoms with Crippen LogP contribution in [0.25, 0.3) is 0 Å². The molecule has 1 aliphatic heterocycles. The second-order valence-electron chi connectivity index (χ2n) is 6.82. The quantitative estimate of drug-likeness (QED) is 0.733. The minimum Gasteiger partial charge on any atom is -0.340 e. The van der Waals surface area contributed by atoms with Gasteiger partial charge in [-0.05, 0) is 45.2 Å². The summed E-state index contributed by atoms with van der Waals surface area (Å²) in [6, 6.07) is 0. The van der Waals surface area contributed by atoms with E-state index in [1.807, 2.05) is 0 Å². The van der Waals surface area contributed by atoms with Crippen molar-refractivity contribution in [2.24, 2.45) is 11.1 Å². The highest BCUT2D eigenvalue weighted by Crippen LogP contribution is 2.42. The van der Waals surface area contributed by atoms with E-state index in [1.165, 1.54) is 32.2 Å². The summed E-state index contributed by atoms with van der Waals surface area (Å²) in [4.78, 5) is 17.5. The van der Waals surface area contributed by atoms with E-state index in [4.69, 9.17) is 5.73 Å². The van der Waals surface area contributed by atoms with E-state index < -0.39 is 0 Å². The average molecular weight is 295 g/mol. The number of unbranched alkanes of at least 4 members (excludes halogenated alkanes) is 2. The zero-order valence-corrected chi connectivity index (χ0v) is 13.8. The highest BCUT2D eigenvalue weighted by Gasteiger charge is 2.42. The minimum atomic E-state index is -0.0106. The Bertz CT molecular complexity index is 318. The lowest BCUT2D eigenvalue weighted by Crippen LogP contribution is -2.52. The van der Waals surface area contributed by atoms with Crippen LogP contribution in [0.2, 0.25) is 0 Å². The number of piperazine rings is 1. The maximum absolute atomic E-state index is 12.9. The van der Waals surface area contributed by atoms with Crippen LogP contribution < -0.4 is 5.73 Å². The van der Waals surface area contributed by atoms with E-state index in [2.05, 4.69) is 16.7 Å². The van der Waals surface area contributed by atoms with Crippen LogP contribution in [0.1, 0.15) is 58.3 Å². The molecule has 0 bridgehead atoms. The van der Waals surface area contributed by atoms with Gasteiger partial charge in [0.1, 0.15) is 0 Å². The Morgan fingerprint density at radius 2 is 1.71 bits per heavy atom. The third-order valence-electron chi connectivity index (χ3n) is 5.53. The van der Waals surface area contributed by atoms with Gasteiger partial charge in [-0.25, -0.2) is 0 Å². The van der Waals surface area contributed by atoms with Crippen molar-refractivity contribution in [3.8, 4) is 0 Å². The molecule has 1 saturated carbocycles. The molecule has 4 nitrogen and oxygen atoms in total. The molecule has 2 fully saturated rings. The molecule has 0 aromatic heterocycles. The molecule has 21 heavy (non-hydrogen) atoms. The first-order valence-electron chi connectivity index (χ1n) is 8.93. The molecule has 2 rings (SSSR count). The van der Waals surface area contributed by atoms with Gasteiger partial charge in [-0.3, -0.25) is 9.69 Å². The van der Waals surface area contributed by atoms with Crippen LogP contribution >= 0.6 is 0 Å². The van der Waals surface area contributed by atoms with Gasteiger partial charge in [0.2, 0.25) is 5.91 Å². The van der Waals surface area contributed by atoms with Gasteiger partial charge in [-0.1, -0.05) is 26.2 Å². The van der Waals surface area contributed by atoms with Crippen molar-refractivity contribution >= 4 is 5.91 Å². The second-order valence-corrected chi connectivity index (χ2v) is 6.82. The summed E-state index contributed by atoms with van der Waals surface area (Å²) in [6.45, 7) is 8.12. The topological polar surface area (TPSA) is 49.6 Å². The first-order valence-corrected chi connectivity index (χ1v) is 8.93. The maximum Gasteiger partial charge on any atom is 0.228 e. The summed E-state index contributed by atoms with van der Waals surface area (Å²) in [5.41, 5.74) is 5.52. The van der Waals surface area contributed by atoms with Gasteiger partial charge >= 0.3 is 0 Å². The van der Waals surface area contributed by atoms with Crippen molar-refractivity contribution in [2.75, 3.05) is 39.3 Å². The standard InChI is InChI=1S/C17H33N3O/c1-2-17(8-4-5-9-17)16(21)20-14-12-19(13-15-20)11-7-3-6-10-18/h2-15,18H2,1H3. The molecule has 122 valence electrons. The fraction of sp³-hybridized carbons (Fsp3) is 0.941. The SMILES string of the molecule is CCC1(C(=O)N2CCN(CCCCCN)CC2)CCCC1. The molecule has 0 unspecified atom stereocenters. The largest absolute Gasteiger partial charge is 0.340 e. The van der Waals surface area contributed by atoms with Crippen molar-refractivity contribution in [1.82, 2.24) is 9.80 Å². The molecule has 0 aromatic rings. The highest BCUT2D eigenvalue weighted by molar-refractivity contribution is 5.83. The third kappa shape index (κ3) is 4.19. The van der Waals surface area contributed by atoms with E-state index in [0.29, 0.717) is 5.91 Å². The number of nitrogens with zero attached hydrogens (tertiary/aromatic N) is 2. The smallest absolute Gasteiger partial charge is 0.228 e. The average Bonchev–Trinajstić information content (AvgIpc) is 3.02. The Hall–Kier alpha value is -0.610. The fourth-order valence-electron chi connectivity index (χ4n) is 3.94. The lowest BCUT2D eigenvalue weighted by Gasteiger charge is -2.39. The Morgan fingerprint density at radius 1 is 1.05 bits per heavy atom. The number of amides is 1. The maximum atomic E-state index is 12.9. The van der Waals surface area contributed by atoms with E-state index in [-0.39, 0.29) is 5.41 Å². The lowest BCUT2D eigenvalue weighted by molar-refractivity contribution is -0.144. The monoisotopic (exact) mass is 295 g/mol. The summed E-state index contributed by atoms with van der Waals surface area (Å²) in [5, 5.41) is 0. The Morgan fingerprint density at radius 3 is 2.29 bits per heavy atom. The number of rotatable bonds is 7. The molecule has 1 aliphatic carbocycles. The fourth-order valence-corrected chi connectivity index (χ4v) is 3.94. The summed E-state index contributed by atoms with van der Waals surface area (Å²) in [5.74, 6) is 0.449. The van der Waals surface area contributed by atoms with Gasteiger partial charge in [0.15, 0.2) is 0 Å². The van der Waals surface area contributed by atoms with Crippen LogP contribution in [0.3, 0.4) is 0 Å². The Balaban J connectivity index is 1.74. The van der Waals surface area contributed by atoms with E-state index in [0.717, 1.165) is 58.4 Å². The normalized spacial score (nSPS) is 22.7. The molecule has 0 atom stereocenters. The first-order chi connectivity index (χ1) is 10.2. The van der Waals surface area contributed by atoms with E-state index in [1.54, 1.807) is 0 Å². The summed E-state index contributed by atoms with van der Waals surface area (Å²) in [7, 11) is 0. The lowest BCUT2D eigenvalue weighted by atomic mass is 9.81. The zero-order chi connectivity index (χ0) is 15.1. The van der Waals surface area contributed by atoms with Crippen molar-refractivity contribution in [2.45, 2.75) is 58.3 Å². The van der Waals surface area contributed by atoms with Crippen molar-refractivity contribution in [3.05, 3.63) is 0 Å². The number of carbonyl (C=O) groups excluding carboxylic acids is 1. The molecule has 4 heteroatoms. The Labute approximate surface area is 130 Å². The second kappa shape index (κ2) is 8.14. The van der Waals surface area contributed by atoms with Crippen molar-refractivity contribution in [1.29, 1.82) is 0 Å². The van der Waals surface area contributed by atoms with E-state index in [9.17, 15) is 4.79 Å². The summed E-state index contributed by atoms with van der Waals surface area (Å²) < 4.78 is 0. The van der Waals surface area contributed by atoms with Crippen LogP contribution in [-0.2, 0) is 4.79 Å². The molecular weight excluding hydrogens is 262 g/mol. The number of hydrogen-bond donors (Lipinski definition) is 1. The van der Waals surface area contributed by atoms with Gasteiger partial charge in [0, 0.05) is 31.6 Å². The van der Waals surface area contributed by atoms with Crippen LogP contribution in [0, 0.1) is 5.41 Å². The predicted molar refractivity (Wildman–Crippen MR) is 87.1 cm³/mol. The molecule has 1 amide bonds. The molecule has 1 saturated heterocycles. The van der Waals surface area contributed by atoms with Gasteiger partial charge in [0.05, 0.1) is 0 Å². The zero-order valence-electron chi connectivity index (χ0n) is 13.8. The molecule has 2 aliphatic rings. The Kier molecular flexibility index (Phi) is 6.49. The van der Waals surface area contributed by atoms with Crippen LogP contribution in [0.5, 0.6) is 0 Å². The van der Waals surface area contributed by atoms with Crippen LogP contribution in [0.15, 0.2) is 0 Å². The summed E-state index contributed by atoms with van der Waals surface area (Å²) >= 11 is 0. The molecule has 0 radical (unpaired) electrons. The molecule has 0 aromatic carbocycles. The third-order valence-corrected chi connectivity index (χ3v) is 5.53. The van der Waals surface area contributed by atoms with E-state index >= 15 is 0 Å². The van der Waals surface area contributed by atoms with Crippen LogP contribution in [0.4, 0.5) is 0 Å². The molecule has 1 heterocycles. The van der Waals surface area contributed by atoms with Gasteiger partial charge < -0.3 is 10.6 Å². The number of carbonyl (C=O) groups is 1. The van der Waals surface area contributed by atoms with Crippen molar-refractivity contribution in [3.63, 3.8) is 0 Å². The summed E-state index contributed by atoms with van der Waals surface area (Å²) in [6.07, 6.45) is 9.33. The first kappa shape index (κ1) is 16.8. The molecule has 2 N–H and O–H groups in total. The predicted octanol–water partition coefficient (Wildman–Crippen LogP) is 2.23.